The van der Waals surface area contributed by atoms with Crippen LogP contribution in [0.1, 0.15) is 52.4 Å². The fourth-order valence-electron chi connectivity index (χ4n) is 3.60. The molecule has 0 aliphatic carbocycles. The minimum absolute atomic E-state index is 0.0911. The zero-order valence-electron chi connectivity index (χ0n) is 19.9. The van der Waals surface area contributed by atoms with E-state index < -0.39 is 5.97 Å². The molecular weight excluding hydrogens is 592 g/mol. The van der Waals surface area contributed by atoms with Crippen molar-refractivity contribution in [3.8, 4) is 29.1 Å². The fourth-order valence-corrected chi connectivity index (χ4v) is 5.04. The molecule has 0 amide bonds. The van der Waals surface area contributed by atoms with Crippen molar-refractivity contribution in [2.45, 2.75) is 26.2 Å². The molecule has 8 heteroatoms. The lowest BCUT2D eigenvalue weighted by molar-refractivity contribution is -0.136. The summed E-state index contributed by atoms with van der Waals surface area (Å²) in [6, 6.07) is 13.6. The molecule has 0 saturated carbocycles. The van der Waals surface area contributed by atoms with Crippen molar-refractivity contribution in [2.75, 3.05) is 13.7 Å². The lowest BCUT2D eigenvalue weighted by Gasteiger charge is -2.19. The van der Waals surface area contributed by atoms with E-state index in [1.807, 2.05) is 13.8 Å². The highest BCUT2D eigenvalue weighted by molar-refractivity contribution is 9.11. The first-order valence-electron chi connectivity index (χ1n) is 11.0. The van der Waals surface area contributed by atoms with Crippen LogP contribution in [0.2, 0.25) is 0 Å². The van der Waals surface area contributed by atoms with Crippen molar-refractivity contribution >= 4 is 43.6 Å². The van der Waals surface area contributed by atoms with Gasteiger partial charge in [-0.15, -0.1) is 0 Å². The summed E-state index contributed by atoms with van der Waals surface area (Å²) in [6.45, 7) is 3.75. The molecule has 0 heterocycles. The van der Waals surface area contributed by atoms with Crippen molar-refractivity contribution in [1.82, 2.24) is 0 Å². The number of ketones is 1. The van der Waals surface area contributed by atoms with E-state index in [-0.39, 0.29) is 30.3 Å². The van der Waals surface area contributed by atoms with Gasteiger partial charge >= 0.3 is 5.97 Å². The SMILES string of the molecule is COc1cc(C(=O)c2cccc(C#CCO)c2)c(Oc2c(Br)cc(CC(=O)O)cc2Br)cc1C(C)C. The third-order valence-corrected chi connectivity index (χ3v) is 6.44. The van der Waals surface area contributed by atoms with Gasteiger partial charge in [-0.25, -0.2) is 0 Å². The Labute approximate surface area is 226 Å². The van der Waals surface area contributed by atoms with Crippen LogP contribution in [0.25, 0.3) is 0 Å². The molecule has 3 aromatic rings. The van der Waals surface area contributed by atoms with Crippen molar-refractivity contribution in [1.29, 1.82) is 0 Å². The van der Waals surface area contributed by atoms with Crippen LogP contribution in [-0.2, 0) is 11.2 Å². The van der Waals surface area contributed by atoms with Crippen LogP contribution in [-0.4, -0.2) is 35.7 Å². The number of methoxy groups -OCH3 is 1. The van der Waals surface area contributed by atoms with E-state index >= 15 is 0 Å². The number of benzene rings is 3. The second-order valence-corrected chi connectivity index (χ2v) is 9.88. The number of ether oxygens (including phenoxy) is 2. The van der Waals surface area contributed by atoms with E-state index in [1.54, 1.807) is 55.6 Å². The van der Waals surface area contributed by atoms with E-state index in [0.29, 0.717) is 42.9 Å². The minimum Gasteiger partial charge on any atom is -0.496 e. The van der Waals surface area contributed by atoms with Crippen LogP contribution < -0.4 is 9.47 Å². The topological polar surface area (TPSA) is 93.1 Å². The Kier molecular flexibility index (Phi) is 9.32. The number of aliphatic hydroxyl groups excluding tert-OH is 1. The fraction of sp³-hybridized carbons (Fsp3) is 0.214. The summed E-state index contributed by atoms with van der Waals surface area (Å²) < 4.78 is 12.9. The Morgan fingerprint density at radius 3 is 2.31 bits per heavy atom. The molecular formula is C28H24Br2O6. The van der Waals surface area contributed by atoms with Gasteiger partial charge in [-0.2, -0.15) is 0 Å². The maximum atomic E-state index is 13.7. The van der Waals surface area contributed by atoms with Gasteiger partial charge in [0.2, 0.25) is 0 Å². The first kappa shape index (κ1) is 27.5. The molecule has 3 aromatic carbocycles. The molecule has 0 aliphatic rings. The third-order valence-electron chi connectivity index (χ3n) is 5.26. The monoisotopic (exact) mass is 614 g/mol. The molecule has 0 bridgehead atoms. The Balaban J connectivity index is 2.14. The molecule has 36 heavy (non-hydrogen) atoms. The van der Waals surface area contributed by atoms with E-state index in [0.717, 1.165) is 5.56 Å². The molecule has 0 fully saturated rings. The van der Waals surface area contributed by atoms with Gasteiger partial charge in [-0.1, -0.05) is 37.8 Å². The number of hydrogen-bond donors (Lipinski definition) is 2. The van der Waals surface area contributed by atoms with Gasteiger partial charge in [0, 0.05) is 16.7 Å². The summed E-state index contributed by atoms with van der Waals surface area (Å²) in [5, 5.41) is 18.1. The highest BCUT2D eigenvalue weighted by atomic mass is 79.9. The number of halogens is 2. The number of carboxylic acids is 1. The van der Waals surface area contributed by atoms with Crippen LogP contribution in [0.5, 0.6) is 17.2 Å². The average Bonchev–Trinajstić information content (AvgIpc) is 2.83. The van der Waals surface area contributed by atoms with E-state index in [2.05, 4.69) is 43.7 Å². The van der Waals surface area contributed by atoms with Gasteiger partial charge in [-0.3, -0.25) is 9.59 Å². The summed E-state index contributed by atoms with van der Waals surface area (Å²) in [4.78, 5) is 24.8. The first-order valence-corrected chi connectivity index (χ1v) is 12.6. The number of aliphatic hydroxyl groups is 1. The largest absolute Gasteiger partial charge is 0.496 e. The lowest BCUT2D eigenvalue weighted by Crippen LogP contribution is -2.07. The van der Waals surface area contributed by atoms with Gasteiger partial charge in [0.1, 0.15) is 18.1 Å². The molecule has 0 aromatic heterocycles. The quantitative estimate of drug-likeness (QED) is 0.227. The van der Waals surface area contributed by atoms with Crippen molar-refractivity contribution in [2.24, 2.45) is 0 Å². The number of carbonyl (C=O) groups excluding carboxylic acids is 1. The molecule has 0 unspecified atom stereocenters. The average molecular weight is 616 g/mol. The van der Waals surface area contributed by atoms with Crippen molar-refractivity contribution in [3.05, 3.63) is 85.3 Å². The van der Waals surface area contributed by atoms with Gasteiger partial charge in [0.05, 0.1) is 28.0 Å². The van der Waals surface area contributed by atoms with Crippen LogP contribution >= 0.6 is 31.9 Å². The summed E-state index contributed by atoms with van der Waals surface area (Å²) >= 11 is 6.94. The maximum absolute atomic E-state index is 13.7. The number of rotatable bonds is 8. The first-order chi connectivity index (χ1) is 17.1. The zero-order valence-corrected chi connectivity index (χ0v) is 23.1. The summed E-state index contributed by atoms with van der Waals surface area (Å²) in [5.41, 5.74) is 2.74. The standard InChI is InChI=1S/C28H24Br2O6/c1-16(2)20-14-25(36-28-22(29)11-18(12-23(28)30)13-26(32)33)21(15-24(20)35-3)27(34)19-8-4-6-17(10-19)7-5-9-31/h4,6,8,10-12,14-16,31H,9,13H2,1-3H3,(H,32,33). The predicted octanol–water partition coefficient (Wildman–Crippen LogP) is 6.34. The second-order valence-electron chi connectivity index (χ2n) is 8.18. The Hall–Kier alpha value is -3.12. The molecule has 6 nitrogen and oxygen atoms in total. The summed E-state index contributed by atoms with van der Waals surface area (Å²) in [7, 11) is 1.55. The lowest BCUT2D eigenvalue weighted by atomic mass is 9.95. The molecule has 3 rings (SSSR count). The normalized spacial score (nSPS) is 10.5. The molecule has 0 aliphatic heterocycles. The van der Waals surface area contributed by atoms with Crippen LogP contribution in [0.15, 0.2) is 57.5 Å². The Morgan fingerprint density at radius 2 is 1.72 bits per heavy atom. The number of aliphatic carboxylic acids is 1. The maximum Gasteiger partial charge on any atom is 0.307 e. The molecule has 186 valence electrons. The molecule has 0 radical (unpaired) electrons. The molecule has 0 spiro atoms. The van der Waals surface area contributed by atoms with Crippen molar-refractivity contribution in [3.63, 3.8) is 0 Å². The second kappa shape index (κ2) is 12.2. The van der Waals surface area contributed by atoms with Gasteiger partial charge in [-0.05, 0) is 79.7 Å². The predicted molar refractivity (Wildman–Crippen MR) is 144 cm³/mol. The van der Waals surface area contributed by atoms with Crippen LogP contribution in [0, 0.1) is 11.8 Å². The minimum atomic E-state index is -0.946. The number of carbonyl (C=O) groups is 2. The van der Waals surface area contributed by atoms with Crippen LogP contribution in [0.4, 0.5) is 0 Å². The molecule has 0 atom stereocenters. The summed E-state index contributed by atoms with van der Waals surface area (Å²) in [5.74, 6) is 5.54. The summed E-state index contributed by atoms with van der Waals surface area (Å²) in [6.07, 6.45) is -0.142. The number of hydrogen-bond acceptors (Lipinski definition) is 5. The van der Waals surface area contributed by atoms with E-state index in [9.17, 15) is 9.59 Å². The highest BCUT2D eigenvalue weighted by Crippen LogP contribution is 2.42. The van der Waals surface area contributed by atoms with E-state index in [4.69, 9.17) is 19.7 Å². The van der Waals surface area contributed by atoms with E-state index in [1.165, 1.54) is 0 Å². The van der Waals surface area contributed by atoms with Gasteiger partial charge in [0.15, 0.2) is 11.5 Å². The Bertz CT molecular complexity index is 1350. The highest BCUT2D eigenvalue weighted by Gasteiger charge is 2.22. The van der Waals surface area contributed by atoms with Gasteiger partial charge < -0.3 is 19.7 Å². The zero-order chi connectivity index (χ0) is 26.4. The van der Waals surface area contributed by atoms with Gasteiger partial charge in [0.25, 0.3) is 0 Å². The van der Waals surface area contributed by atoms with Crippen LogP contribution in [0.3, 0.4) is 0 Å². The molecule has 0 saturated heterocycles. The smallest absolute Gasteiger partial charge is 0.307 e. The van der Waals surface area contributed by atoms with Crippen molar-refractivity contribution < 1.29 is 29.3 Å². The number of carboxylic acid groups (broad SMARTS) is 1. The third kappa shape index (κ3) is 6.55. The molecule has 2 N–H and O–H groups in total. The Morgan fingerprint density at radius 1 is 1.03 bits per heavy atom.